The molecule has 5 heteroatoms. The smallest absolute Gasteiger partial charge is 0.224 e. The molecule has 94 valence electrons. The third-order valence-corrected chi connectivity index (χ3v) is 2.49. The standard InChI is InChI=1S/C12H17NO3S/c1-16-8-10(14)7-13-12(15)6-9-2-4-11(17)5-3-9/h2-5,10,14,17H,6-8H2,1H3,(H,13,15). The first-order valence-electron chi connectivity index (χ1n) is 5.33. The van der Waals surface area contributed by atoms with Gasteiger partial charge < -0.3 is 15.2 Å². The van der Waals surface area contributed by atoms with Crippen LogP contribution in [-0.2, 0) is 16.0 Å². The zero-order valence-electron chi connectivity index (χ0n) is 9.72. The molecule has 0 radical (unpaired) electrons. The summed E-state index contributed by atoms with van der Waals surface area (Å²) < 4.78 is 4.76. The molecule has 0 heterocycles. The first-order chi connectivity index (χ1) is 8.11. The molecule has 2 N–H and O–H groups in total. The molecule has 0 aliphatic carbocycles. The van der Waals surface area contributed by atoms with Crippen LogP contribution in [0.3, 0.4) is 0 Å². The maximum Gasteiger partial charge on any atom is 0.224 e. The van der Waals surface area contributed by atoms with Gasteiger partial charge >= 0.3 is 0 Å². The number of rotatable bonds is 6. The largest absolute Gasteiger partial charge is 0.389 e. The Kier molecular flexibility index (Phi) is 6.04. The topological polar surface area (TPSA) is 58.6 Å². The number of methoxy groups -OCH3 is 1. The predicted molar refractivity (Wildman–Crippen MR) is 68.3 cm³/mol. The van der Waals surface area contributed by atoms with Crippen molar-refractivity contribution in [2.45, 2.75) is 17.4 Å². The van der Waals surface area contributed by atoms with Gasteiger partial charge in [-0.1, -0.05) is 12.1 Å². The molecule has 0 fully saturated rings. The SMILES string of the molecule is COCC(O)CNC(=O)Cc1ccc(S)cc1. The summed E-state index contributed by atoms with van der Waals surface area (Å²) in [5.41, 5.74) is 0.918. The van der Waals surface area contributed by atoms with Gasteiger partial charge in [-0.2, -0.15) is 0 Å². The zero-order chi connectivity index (χ0) is 12.7. The van der Waals surface area contributed by atoms with E-state index in [0.29, 0.717) is 6.42 Å². The number of benzene rings is 1. The molecule has 0 aliphatic rings. The minimum atomic E-state index is -0.663. The average Bonchev–Trinajstić information content (AvgIpc) is 2.30. The Bertz CT molecular complexity index is 353. The first-order valence-corrected chi connectivity index (χ1v) is 5.78. The Balaban J connectivity index is 2.32. The lowest BCUT2D eigenvalue weighted by Gasteiger charge is -2.10. The lowest BCUT2D eigenvalue weighted by molar-refractivity contribution is -0.121. The van der Waals surface area contributed by atoms with Gasteiger partial charge in [0.25, 0.3) is 0 Å². The van der Waals surface area contributed by atoms with Crippen LogP contribution in [-0.4, -0.2) is 37.4 Å². The van der Waals surface area contributed by atoms with Gasteiger partial charge in [0.2, 0.25) is 5.91 Å². The molecule has 1 atom stereocenters. The van der Waals surface area contributed by atoms with Crippen LogP contribution in [0.5, 0.6) is 0 Å². The molecule has 0 bridgehead atoms. The monoisotopic (exact) mass is 255 g/mol. The second-order valence-corrected chi connectivity index (χ2v) is 4.27. The van der Waals surface area contributed by atoms with E-state index < -0.39 is 6.10 Å². The van der Waals surface area contributed by atoms with Gasteiger partial charge in [-0.05, 0) is 17.7 Å². The molecular weight excluding hydrogens is 238 g/mol. The Hall–Kier alpha value is -1.04. The highest BCUT2D eigenvalue weighted by molar-refractivity contribution is 7.80. The molecule has 0 aliphatic heterocycles. The van der Waals surface area contributed by atoms with Gasteiger partial charge in [-0.25, -0.2) is 0 Å². The van der Waals surface area contributed by atoms with Crippen LogP contribution in [0.1, 0.15) is 5.56 Å². The zero-order valence-corrected chi connectivity index (χ0v) is 10.6. The van der Waals surface area contributed by atoms with Gasteiger partial charge in [0.1, 0.15) is 0 Å². The fraction of sp³-hybridized carbons (Fsp3) is 0.417. The summed E-state index contributed by atoms with van der Waals surface area (Å²) in [6, 6.07) is 7.39. The summed E-state index contributed by atoms with van der Waals surface area (Å²) >= 11 is 4.17. The van der Waals surface area contributed by atoms with Crippen molar-refractivity contribution < 1.29 is 14.6 Å². The van der Waals surface area contributed by atoms with Crippen LogP contribution in [0.15, 0.2) is 29.2 Å². The van der Waals surface area contributed by atoms with E-state index in [-0.39, 0.29) is 19.1 Å². The predicted octanol–water partition coefficient (Wildman–Crippen LogP) is 0.641. The van der Waals surface area contributed by atoms with Crippen molar-refractivity contribution in [3.8, 4) is 0 Å². The number of hydrogen-bond acceptors (Lipinski definition) is 4. The summed E-state index contributed by atoms with van der Waals surface area (Å²) in [4.78, 5) is 12.4. The molecule has 1 amide bonds. The molecule has 1 rings (SSSR count). The van der Waals surface area contributed by atoms with Crippen molar-refractivity contribution in [3.05, 3.63) is 29.8 Å². The number of amides is 1. The lowest BCUT2D eigenvalue weighted by Crippen LogP contribution is -2.35. The number of ether oxygens (including phenoxy) is 1. The number of thiol groups is 1. The number of aliphatic hydroxyl groups is 1. The second-order valence-electron chi connectivity index (χ2n) is 3.76. The molecule has 0 saturated carbocycles. The molecule has 1 unspecified atom stereocenters. The van der Waals surface area contributed by atoms with Crippen LogP contribution in [0.4, 0.5) is 0 Å². The molecular formula is C12H17NO3S. The summed E-state index contributed by atoms with van der Waals surface area (Å²) in [5.74, 6) is -0.118. The Morgan fingerprint density at radius 3 is 2.71 bits per heavy atom. The summed E-state index contributed by atoms with van der Waals surface area (Å²) in [6.45, 7) is 0.423. The molecule has 0 aromatic heterocycles. The fourth-order valence-corrected chi connectivity index (χ4v) is 1.49. The van der Waals surface area contributed by atoms with Crippen molar-refractivity contribution in [1.29, 1.82) is 0 Å². The molecule has 1 aromatic carbocycles. The van der Waals surface area contributed by atoms with Gasteiger partial charge in [0.05, 0.1) is 19.1 Å². The van der Waals surface area contributed by atoms with E-state index >= 15 is 0 Å². The van der Waals surface area contributed by atoms with E-state index in [0.717, 1.165) is 10.5 Å². The summed E-state index contributed by atoms with van der Waals surface area (Å²) in [6.07, 6.45) is -0.364. The fourth-order valence-electron chi connectivity index (χ4n) is 1.34. The number of aliphatic hydroxyl groups excluding tert-OH is 1. The van der Waals surface area contributed by atoms with Crippen LogP contribution >= 0.6 is 12.6 Å². The van der Waals surface area contributed by atoms with E-state index in [2.05, 4.69) is 17.9 Å². The van der Waals surface area contributed by atoms with E-state index in [1.165, 1.54) is 7.11 Å². The van der Waals surface area contributed by atoms with Crippen LogP contribution in [0.25, 0.3) is 0 Å². The minimum absolute atomic E-state index is 0.118. The average molecular weight is 255 g/mol. The normalized spacial score (nSPS) is 12.2. The second kappa shape index (κ2) is 7.32. The quantitative estimate of drug-likeness (QED) is 0.654. The van der Waals surface area contributed by atoms with E-state index in [9.17, 15) is 9.90 Å². The highest BCUT2D eigenvalue weighted by atomic mass is 32.1. The number of nitrogens with one attached hydrogen (secondary N) is 1. The van der Waals surface area contributed by atoms with Gasteiger partial charge in [-0.15, -0.1) is 12.6 Å². The number of hydrogen-bond donors (Lipinski definition) is 3. The Morgan fingerprint density at radius 1 is 1.47 bits per heavy atom. The van der Waals surface area contributed by atoms with Gasteiger partial charge in [0, 0.05) is 18.6 Å². The van der Waals surface area contributed by atoms with Crippen LogP contribution in [0, 0.1) is 0 Å². The first kappa shape index (κ1) is 14.0. The van der Waals surface area contributed by atoms with Crippen LogP contribution < -0.4 is 5.32 Å². The molecule has 4 nitrogen and oxygen atoms in total. The third kappa shape index (κ3) is 5.72. The summed E-state index contributed by atoms with van der Waals surface area (Å²) in [7, 11) is 1.50. The molecule has 0 spiro atoms. The van der Waals surface area contributed by atoms with Gasteiger partial charge in [-0.3, -0.25) is 4.79 Å². The van der Waals surface area contributed by atoms with Crippen molar-refractivity contribution in [2.24, 2.45) is 0 Å². The van der Waals surface area contributed by atoms with Crippen LogP contribution in [0.2, 0.25) is 0 Å². The Morgan fingerprint density at radius 2 is 2.12 bits per heavy atom. The number of carbonyl (C=O) groups is 1. The van der Waals surface area contributed by atoms with Gasteiger partial charge in [0.15, 0.2) is 0 Å². The van der Waals surface area contributed by atoms with E-state index in [4.69, 9.17) is 4.74 Å². The maximum absolute atomic E-state index is 11.5. The van der Waals surface area contributed by atoms with Crippen molar-refractivity contribution in [2.75, 3.05) is 20.3 Å². The highest BCUT2D eigenvalue weighted by Crippen LogP contribution is 2.08. The van der Waals surface area contributed by atoms with E-state index in [1.807, 2.05) is 24.3 Å². The third-order valence-electron chi connectivity index (χ3n) is 2.19. The minimum Gasteiger partial charge on any atom is -0.389 e. The molecule has 1 aromatic rings. The molecule has 17 heavy (non-hydrogen) atoms. The van der Waals surface area contributed by atoms with Crippen molar-refractivity contribution in [1.82, 2.24) is 5.32 Å². The highest BCUT2D eigenvalue weighted by Gasteiger charge is 2.07. The number of carbonyl (C=O) groups excluding carboxylic acids is 1. The summed E-state index contributed by atoms with van der Waals surface area (Å²) in [5, 5.41) is 12.0. The van der Waals surface area contributed by atoms with E-state index in [1.54, 1.807) is 0 Å². The Labute approximate surface area is 106 Å². The maximum atomic E-state index is 11.5. The lowest BCUT2D eigenvalue weighted by atomic mass is 10.1. The molecule has 0 saturated heterocycles. The van der Waals surface area contributed by atoms with Crippen molar-refractivity contribution in [3.63, 3.8) is 0 Å². The van der Waals surface area contributed by atoms with Crippen molar-refractivity contribution >= 4 is 18.5 Å².